The molecule has 1 N–H and O–H groups in total. The van der Waals surface area contributed by atoms with E-state index in [2.05, 4.69) is 15.3 Å². The topological polar surface area (TPSA) is 37.8 Å². The first-order chi connectivity index (χ1) is 9.94. The highest BCUT2D eigenvalue weighted by molar-refractivity contribution is 5.36. The van der Waals surface area contributed by atoms with E-state index in [0.29, 0.717) is 18.5 Å². The molecule has 0 saturated carbocycles. The van der Waals surface area contributed by atoms with Crippen LogP contribution in [0.25, 0.3) is 0 Å². The van der Waals surface area contributed by atoms with E-state index < -0.39 is 11.6 Å². The van der Waals surface area contributed by atoms with Gasteiger partial charge in [0.1, 0.15) is 23.3 Å². The van der Waals surface area contributed by atoms with Crippen molar-refractivity contribution in [3.05, 3.63) is 53.0 Å². The minimum atomic E-state index is -0.551. The lowest BCUT2D eigenvalue weighted by molar-refractivity contribution is 0.580. The van der Waals surface area contributed by atoms with Crippen LogP contribution in [0.15, 0.2) is 24.3 Å². The van der Waals surface area contributed by atoms with Crippen LogP contribution in [0.3, 0.4) is 0 Å². The molecule has 0 aliphatic heterocycles. The van der Waals surface area contributed by atoms with Crippen LogP contribution in [0.4, 0.5) is 14.6 Å². The number of benzene rings is 1. The molecule has 0 atom stereocenters. The minimum absolute atomic E-state index is 0.253. The summed E-state index contributed by atoms with van der Waals surface area (Å²) in [5.41, 5.74) is 1.52. The van der Waals surface area contributed by atoms with Gasteiger partial charge in [0.2, 0.25) is 0 Å². The van der Waals surface area contributed by atoms with Crippen molar-refractivity contribution in [3.8, 4) is 0 Å². The molecule has 5 heteroatoms. The van der Waals surface area contributed by atoms with E-state index in [0.717, 1.165) is 23.4 Å². The van der Waals surface area contributed by atoms with Gasteiger partial charge in [-0.2, -0.15) is 0 Å². The molecule has 3 nitrogen and oxygen atoms in total. The van der Waals surface area contributed by atoms with E-state index in [9.17, 15) is 8.78 Å². The third-order valence-electron chi connectivity index (χ3n) is 3.03. The van der Waals surface area contributed by atoms with E-state index in [1.807, 2.05) is 26.8 Å². The molecule has 1 heterocycles. The quantitative estimate of drug-likeness (QED) is 0.909. The molecule has 0 spiro atoms. The Hall–Kier alpha value is -2.04. The van der Waals surface area contributed by atoms with Gasteiger partial charge >= 0.3 is 0 Å². The summed E-state index contributed by atoms with van der Waals surface area (Å²) in [5.74, 6) is 0.676. The lowest BCUT2D eigenvalue weighted by Crippen LogP contribution is -2.09. The summed E-state index contributed by atoms with van der Waals surface area (Å²) in [6.07, 6.45) is 0.523. The summed E-state index contributed by atoms with van der Waals surface area (Å²) in [6, 6.07) is 5.42. The summed E-state index contributed by atoms with van der Waals surface area (Å²) in [6.45, 7) is 6.54. The molecule has 0 unspecified atom stereocenters. The molecule has 1 aromatic heterocycles. The normalized spacial score (nSPS) is 11.0. The van der Waals surface area contributed by atoms with Crippen LogP contribution in [0.1, 0.15) is 36.8 Å². The first-order valence-electron chi connectivity index (χ1n) is 6.98. The van der Waals surface area contributed by atoms with Gasteiger partial charge in [-0.15, -0.1) is 0 Å². The van der Waals surface area contributed by atoms with Crippen molar-refractivity contribution in [1.29, 1.82) is 0 Å². The van der Waals surface area contributed by atoms with E-state index in [4.69, 9.17) is 0 Å². The van der Waals surface area contributed by atoms with Crippen LogP contribution in [0.2, 0.25) is 0 Å². The number of rotatable bonds is 5. The Bertz CT molecular complexity index is 607. The zero-order valence-corrected chi connectivity index (χ0v) is 12.5. The van der Waals surface area contributed by atoms with E-state index in [-0.39, 0.29) is 5.92 Å². The number of hydrogen-bond donors (Lipinski definition) is 1. The third kappa shape index (κ3) is 4.48. The minimum Gasteiger partial charge on any atom is -0.370 e. The van der Waals surface area contributed by atoms with Crippen LogP contribution < -0.4 is 5.32 Å². The van der Waals surface area contributed by atoms with E-state index in [1.165, 1.54) is 12.1 Å². The second kappa shape index (κ2) is 6.61. The monoisotopic (exact) mass is 291 g/mol. The number of aromatic nitrogens is 2. The first-order valence-corrected chi connectivity index (χ1v) is 6.98. The Labute approximate surface area is 123 Å². The molecule has 0 bridgehead atoms. The fourth-order valence-electron chi connectivity index (χ4n) is 2.03. The summed E-state index contributed by atoms with van der Waals surface area (Å²) < 4.78 is 26.2. The van der Waals surface area contributed by atoms with E-state index >= 15 is 0 Å². The number of anilines is 1. The Morgan fingerprint density at radius 1 is 1.05 bits per heavy atom. The summed E-state index contributed by atoms with van der Waals surface area (Å²) >= 11 is 0. The van der Waals surface area contributed by atoms with Crippen molar-refractivity contribution in [2.45, 2.75) is 33.1 Å². The molecule has 112 valence electrons. The van der Waals surface area contributed by atoms with E-state index in [1.54, 1.807) is 0 Å². The molecule has 0 radical (unpaired) electrons. The number of nitrogens with one attached hydrogen (secondary N) is 1. The predicted octanol–water partition coefficient (Wildman–Crippen LogP) is 3.84. The van der Waals surface area contributed by atoms with Gasteiger partial charge < -0.3 is 5.32 Å². The highest BCUT2D eigenvalue weighted by atomic mass is 19.1. The SMILES string of the molecule is Cc1cc(NCCc2cc(F)cc(F)c2)nc(C(C)C)n1. The molecule has 1 aromatic carbocycles. The van der Waals surface area contributed by atoms with Crippen LogP contribution >= 0.6 is 0 Å². The second-order valence-electron chi connectivity index (χ2n) is 5.36. The number of nitrogens with zero attached hydrogens (tertiary/aromatic N) is 2. The van der Waals surface area contributed by atoms with Crippen molar-refractivity contribution in [3.63, 3.8) is 0 Å². The lowest BCUT2D eigenvalue weighted by atomic mass is 10.1. The molecule has 0 fully saturated rings. The molecule has 21 heavy (non-hydrogen) atoms. The maximum atomic E-state index is 13.1. The first kappa shape index (κ1) is 15.4. The molecular weight excluding hydrogens is 272 g/mol. The molecule has 0 amide bonds. The van der Waals surface area contributed by atoms with Gasteiger partial charge in [0.25, 0.3) is 0 Å². The van der Waals surface area contributed by atoms with Crippen molar-refractivity contribution in [2.75, 3.05) is 11.9 Å². The highest BCUT2D eigenvalue weighted by Gasteiger charge is 2.06. The van der Waals surface area contributed by atoms with Gasteiger partial charge in [-0.25, -0.2) is 18.7 Å². The predicted molar refractivity (Wildman–Crippen MR) is 79.4 cm³/mol. The Morgan fingerprint density at radius 3 is 2.33 bits per heavy atom. The van der Waals surface area contributed by atoms with Crippen molar-refractivity contribution in [2.24, 2.45) is 0 Å². The van der Waals surface area contributed by atoms with Crippen LogP contribution in [0.5, 0.6) is 0 Å². The zero-order chi connectivity index (χ0) is 15.4. The summed E-state index contributed by atoms with van der Waals surface area (Å²) in [5, 5.41) is 3.17. The summed E-state index contributed by atoms with van der Waals surface area (Å²) in [7, 11) is 0. The van der Waals surface area contributed by atoms with Gasteiger partial charge in [-0.3, -0.25) is 0 Å². The van der Waals surface area contributed by atoms with Gasteiger partial charge in [0, 0.05) is 30.3 Å². The largest absolute Gasteiger partial charge is 0.370 e. The standard InChI is InChI=1S/C16H19F2N3/c1-10(2)16-20-11(3)6-15(21-16)19-5-4-12-7-13(17)9-14(18)8-12/h6-10H,4-5H2,1-3H3,(H,19,20,21). The number of halogens is 2. The lowest BCUT2D eigenvalue weighted by Gasteiger charge is -2.10. The Kier molecular flexibility index (Phi) is 4.83. The zero-order valence-electron chi connectivity index (χ0n) is 12.5. The van der Waals surface area contributed by atoms with Gasteiger partial charge in [-0.1, -0.05) is 13.8 Å². The van der Waals surface area contributed by atoms with Crippen LogP contribution in [-0.4, -0.2) is 16.5 Å². The average Bonchev–Trinajstić information content (AvgIpc) is 2.36. The second-order valence-corrected chi connectivity index (χ2v) is 5.36. The summed E-state index contributed by atoms with van der Waals surface area (Å²) in [4.78, 5) is 8.80. The third-order valence-corrected chi connectivity index (χ3v) is 3.03. The van der Waals surface area contributed by atoms with Crippen LogP contribution in [0, 0.1) is 18.6 Å². The maximum absolute atomic E-state index is 13.1. The van der Waals surface area contributed by atoms with Crippen molar-refractivity contribution >= 4 is 5.82 Å². The smallest absolute Gasteiger partial charge is 0.133 e. The Morgan fingerprint density at radius 2 is 1.71 bits per heavy atom. The number of hydrogen-bond acceptors (Lipinski definition) is 3. The molecule has 0 aliphatic carbocycles. The fraction of sp³-hybridized carbons (Fsp3) is 0.375. The average molecular weight is 291 g/mol. The van der Waals surface area contributed by atoms with Crippen molar-refractivity contribution < 1.29 is 8.78 Å². The number of aryl methyl sites for hydroxylation is 1. The fourth-order valence-corrected chi connectivity index (χ4v) is 2.03. The van der Waals surface area contributed by atoms with Gasteiger partial charge in [0.15, 0.2) is 0 Å². The molecule has 2 rings (SSSR count). The molecule has 2 aromatic rings. The molecule has 0 saturated heterocycles. The van der Waals surface area contributed by atoms with Gasteiger partial charge in [-0.05, 0) is 31.0 Å². The van der Waals surface area contributed by atoms with Crippen molar-refractivity contribution in [1.82, 2.24) is 9.97 Å². The maximum Gasteiger partial charge on any atom is 0.133 e. The molecular formula is C16H19F2N3. The van der Waals surface area contributed by atoms with Crippen LogP contribution in [-0.2, 0) is 6.42 Å². The molecule has 0 aliphatic rings. The Balaban J connectivity index is 2.00. The highest BCUT2D eigenvalue weighted by Crippen LogP contribution is 2.14. The van der Waals surface area contributed by atoms with Gasteiger partial charge in [0.05, 0.1) is 0 Å².